The van der Waals surface area contributed by atoms with Gasteiger partial charge in [-0.05, 0) is 50.8 Å². The second-order valence-electron chi connectivity index (χ2n) is 8.00. The lowest BCUT2D eigenvalue weighted by Crippen LogP contribution is -2.45. The lowest BCUT2D eigenvalue weighted by molar-refractivity contribution is -0.119. The molecule has 2 aliphatic rings. The molecule has 10 heteroatoms. The minimum absolute atomic E-state index is 0.157. The van der Waals surface area contributed by atoms with Gasteiger partial charge in [0, 0.05) is 24.2 Å². The average Bonchev–Trinajstić information content (AvgIpc) is 3.49. The number of nitrogens with zero attached hydrogens (tertiary/aromatic N) is 4. The number of aromatic nitrogens is 3. The van der Waals surface area contributed by atoms with Crippen LogP contribution < -0.4 is 15.5 Å². The van der Waals surface area contributed by atoms with Gasteiger partial charge in [-0.25, -0.2) is 4.79 Å². The third-order valence-electron chi connectivity index (χ3n) is 5.65. The summed E-state index contributed by atoms with van der Waals surface area (Å²) in [5.41, 5.74) is 0.841. The average molecular weight is 463 g/mol. The van der Waals surface area contributed by atoms with E-state index in [0.29, 0.717) is 10.2 Å². The molecule has 1 aliphatic heterocycles. The predicted molar refractivity (Wildman–Crippen MR) is 122 cm³/mol. The Bertz CT molecular complexity index is 940. The number of carbonyl (C=O) groups excluding carboxylic acids is 2. The van der Waals surface area contributed by atoms with E-state index in [9.17, 15) is 9.59 Å². The van der Waals surface area contributed by atoms with Crippen molar-refractivity contribution in [3.63, 3.8) is 0 Å². The minimum Gasteiger partial charge on any atom is -0.341 e. The number of imide groups is 1. The van der Waals surface area contributed by atoms with Crippen molar-refractivity contribution in [3.05, 3.63) is 29.3 Å². The SMILES string of the molecule is CC(Sc1nnc(N2CCCC2)n1-c1cccc(Cl)c1)C(=O)NC(=O)NC1CCCC1. The van der Waals surface area contributed by atoms with Crippen LogP contribution in [-0.2, 0) is 4.79 Å². The molecule has 1 aromatic carbocycles. The molecule has 2 N–H and O–H groups in total. The molecule has 3 amide bonds. The summed E-state index contributed by atoms with van der Waals surface area (Å²) >= 11 is 7.50. The van der Waals surface area contributed by atoms with Gasteiger partial charge in [-0.3, -0.25) is 14.7 Å². The highest BCUT2D eigenvalue weighted by Gasteiger charge is 2.26. The van der Waals surface area contributed by atoms with E-state index in [1.54, 1.807) is 6.92 Å². The van der Waals surface area contributed by atoms with Crippen LogP contribution in [0, 0.1) is 0 Å². The van der Waals surface area contributed by atoms with Gasteiger partial charge in [0.2, 0.25) is 11.9 Å². The van der Waals surface area contributed by atoms with Crippen LogP contribution in [0.25, 0.3) is 5.69 Å². The minimum atomic E-state index is -0.525. The van der Waals surface area contributed by atoms with Crippen molar-refractivity contribution in [2.75, 3.05) is 18.0 Å². The Labute approximate surface area is 191 Å². The molecule has 2 heterocycles. The molecule has 2 fully saturated rings. The van der Waals surface area contributed by atoms with Crippen molar-refractivity contribution in [3.8, 4) is 5.69 Å². The maximum absolute atomic E-state index is 12.6. The fourth-order valence-corrected chi connectivity index (χ4v) is 5.07. The fraction of sp³-hybridized carbons (Fsp3) is 0.524. The standard InChI is InChI=1S/C21H27ClN6O2S/c1-14(18(29)24-19(30)23-16-8-2-3-9-16)31-21-26-25-20(27-11-4-5-12-27)28(21)17-10-6-7-15(22)13-17/h6-7,10,13-14,16H,2-5,8-9,11-12H2,1H3,(H2,23,24,29,30). The molecule has 2 aromatic rings. The number of amides is 3. The molecule has 1 atom stereocenters. The zero-order chi connectivity index (χ0) is 21.8. The molecule has 0 spiro atoms. The summed E-state index contributed by atoms with van der Waals surface area (Å²) in [6, 6.07) is 7.22. The maximum atomic E-state index is 12.6. The first-order valence-corrected chi connectivity index (χ1v) is 12.0. The van der Waals surface area contributed by atoms with Crippen LogP contribution >= 0.6 is 23.4 Å². The van der Waals surface area contributed by atoms with Gasteiger partial charge in [-0.15, -0.1) is 10.2 Å². The van der Waals surface area contributed by atoms with E-state index in [4.69, 9.17) is 11.6 Å². The number of rotatable bonds is 6. The number of anilines is 1. The van der Waals surface area contributed by atoms with Crippen LogP contribution in [0.3, 0.4) is 0 Å². The highest BCUT2D eigenvalue weighted by molar-refractivity contribution is 8.00. The first kappa shape index (κ1) is 22.0. The van der Waals surface area contributed by atoms with Gasteiger partial charge < -0.3 is 10.2 Å². The maximum Gasteiger partial charge on any atom is 0.321 e. The lowest BCUT2D eigenvalue weighted by Gasteiger charge is -2.19. The summed E-state index contributed by atoms with van der Waals surface area (Å²) in [6.07, 6.45) is 6.38. The Morgan fingerprint density at radius 3 is 2.61 bits per heavy atom. The van der Waals surface area contributed by atoms with Crippen LogP contribution in [0.2, 0.25) is 5.02 Å². The monoisotopic (exact) mass is 462 g/mol. The molecular weight excluding hydrogens is 436 g/mol. The van der Waals surface area contributed by atoms with Crippen LogP contribution in [0.1, 0.15) is 45.4 Å². The van der Waals surface area contributed by atoms with Gasteiger partial charge in [-0.1, -0.05) is 42.3 Å². The summed E-state index contributed by atoms with van der Waals surface area (Å²) in [7, 11) is 0. The van der Waals surface area contributed by atoms with E-state index in [2.05, 4.69) is 25.7 Å². The number of carbonyl (C=O) groups is 2. The van der Waals surface area contributed by atoms with Gasteiger partial charge in [0.05, 0.1) is 10.9 Å². The van der Waals surface area contributed by atoms with E-state index in [1.165, 1.54) is 11.8 Å². The van der Waals surface area contributed by atoms with Gasteiger partial charge >= 0.3 is 6.03 Å². The van der Waals surface area contributed by atoms with Gasteiger partial charge in [0.25, 0.3) is 0 Å². The van der Waals surface area contributed by atoms with Crippen LogP contribution in [0.5, 0.6) is 0 Å². The van der Waals surface area contributed by atoms with Crippen molar-refractivity contribution in [2.45, 2.75) is 61.9 Å². The number of halogens is 1. The Morgan fingerprint density at radius 2 is 1.90 bits per heavy atom. The van der Waals surface area contributed by atoms with Gasteiger partial charge in [-0.2, -0.15) is 0 Å². The Morgan fingerprint density at radius 1 is 1.16 bits per heavy atom. The van der Waals surface area contributed by atoms with E-state index in [1.807, 2.05) is 28.8 Å². The molecular formula is C21H27ClN6O2S. The lowest BCUT2D eigenvalue weighted by atomic mass is 10.2. The molecule has 166 valence electrons. The largest absolute Gasteiger partial charge is 0.341 e. The highest BCUT2D eigenvalue weighted by atomic mass is 35.5. The van der Waals surface area contributed by atoms with Crippen LogP contribution in [0.15, 0.2) is 29.4 Å². The number of nitrogens with one attached hydrogen (secondary N) is 2. The third-order valence-corrected chi connectivity index (χ3v) is 6.93. The van der Waals surface area contributed by atoms with Crippen molar-refractivity contribution in [1.29, 1.82) is 0 Å². The molecule has 8 nitrogen and oxygen atoms in total. The number of urea groups is 1. The first-order valence-electron chi connectivity index (χ1n) is 10.8. The van der Waals surface area contributed by atoms with Crippen molar-refractivity contribution < 1.29 is 9.59 Å². The normalized spacial score (nSPS) is 17.7. The number of benzene rings is 1. The van der Waals surface area contributed by atoms with Gasteiger partial charge in [0.15, 0.2) is 5.16 Å². The van der Waals surface area contributed by atoms with Crippen molar-refractivity contribution >= 4 is 41.2 Å². The Balaban J connectivity index is 1.49. The fourth-order valence-electron chi connectivity index (χ4n) is 4.02. The van der Waals surface area contributed by atoms with Crippen LogP contribution in [0.4, 0.5) is 10.7 Å². The van der Waals surface area contributed by atoms with Gasteiger partial charge in [0.1, 0.15) is 0 Å². The highest BCUT2D eigenvalue weighted by Crippen LogP contribution is 2.31. The van der Waals surface area contributed by atoms with Crippen molar-refractivity contribution in [1.82, 2.24) is 25.4 Å². The molecule has 1 unspecified atom stereocenters. The molecule has 1 saturated carbocycles. The first-order chi connectivity index (χ1) is 15.0. The summed E-state index contributed by atoms with van der Waals surface area (Å²) in [6.45, 7) is 3.59. The molecule has 0 radical (unpaired) electrons. The molecule has 31 heavy (non-hydrogen) atoms. The quantitative estimate of drug-likeness (QED) is 0.635. The number of hydrogen-bond acceptors (Lipinski definition) is 6. The summed E-state index contributed by atoms with van der Waals surface area (Å²) < 4.78 is 1.93. The number of thioether (sulfide) groups is 1. The third kappa shape index (κ3) is 5.33. The summed E-state index contributed by atoms with van der Waals surface area (Å²) in [5, 5.41) is 14.8. The van der Waals surface area contributed by atoms with Crippen LogP contribution in [-0.4, -0.2) is 51.1 Å². The van der Waals surface area contributed by atoms with E-state index < -0.39 is 11.3 Å². The summed E-state index contributed by atoms with van der Waals surface area (Å²) in [5.74, 6) is 0.387. The van der Waals surface area contributed by atoms with E-state index in [-0.39, 0.29) is 11.9 Å². The van der Waals surface area contributed by atoms with E-state index >= 15 is 0 Å². The summed E-state index contributed by atoms with van der Waals surface area (Å²) in [4.78, 5) is 27.0. The van der Waals surface area contributed by atoms with E-state index in [0.717, 1.165) is 63.3 Å². The zero-order valence-corrected chi connectivity index (χ0v) is 19.1. The molecule has 1 aliphatic carbocycles. The molecule has 4 rings (SSSR count). The topological polar surface area (TPSA) is 92.2 Å². The van der Waals surface area contributed by atoms with Crippen molar-refractivity contribution in [2.24, 2.45) is 0 Å². The Hall–Kier alpha value is -2.26. The second kappa shape index (κ2) is 9.91. The molecule has 1 saturated heterocycles. The molecule has 0 bridgehead atoms. The second-order valence-corrected chi connectivity index (χ2v) is 9.74. The smallest absolute Gasteiger partial charge is 0.321 e. The zero-order valence-electron chi connectivity index (χ0n) is 17.5. The number of hydrogen-bond donors (Lipinski definition) is 2. The molecule has 1 aromatic heterocycles. The Kier molecular flexibility index (Phi) is 7.02. The predicted octanol–water partition coefficient (Wildman–Crippen LogP) is 3.77.